The van der Waals surface area contributed by atoms with Crippen LogP contribution in [0.2, 0.25) is 0 Å². The van der Waals surface area contributed by atoms with Crippen LogP contribution < -0.4 is 5.32 Å². The van der Waals surface area contributed by atoms with Crippen LogP contribution in [-0.4, -0.2) is 46.0 Å². The van der Waals surface area contributed by atoms with Gasteiger partial charge in [0.05, 0.1) is 0 Å². The fourth-order valence-electron chi connectivity index (χ4n) is 3.38. The number of aliphatic carboxylic acids is 1. The van der Waals surface area contributed by atoms with Crippen molar-refractivity contribution in [3.8, 4) is 11.1 Å². The third-order valence-corrected chi connectivity index (χ3v) is 5.74. The van der Waals surface area contributed by atoms with Crippen LogP contribution in [0.15, 0.2) is 48.5 Å². The number of fused-ring (bicyclic) bond motifs is 3. The molecule has 0 heterocycles. The maximum absolute atomic E-state index is 12.1. The zero-order chi connectivity index (χ0) is 20.3. The first kappa shape index (κ1) is 19.9. The lowest BCUT2D eigenvalue weighted by molar-refractivity contribution is -0.139. The van der Waals surface area contributed by atoms with Crippen LogP contribution in [0.3, 0.4) is 0 Å². The lowest BCUT2D eigenvalue weighted by Crippen LogP contribution is -2.42. The number of ether oxygens (including phenoxy) is 1. The van der Waals surface area contributed by atoms with Gasteiger partial charge < -0.3 is 15.2 Å². The maximum Gasteiger partial charge on any atom is 0.407 e. The number of hydrogen-bond donors (Lipinski definition) is 3. The zero-order valence-electron chi connectivity index (χ0n) is 15.4. The Hall–Kier alpha value is -2.87. The van der Waals surface area contributed by atoms with Gasteiger partial charge in [0.25, 0.3) is 0 Å². The zero-order valence-corrected chi connectivity index (χ0v) is 16.2. The van der Waals surface area contributed by atoms with Gasteiger partial charge in [0.2, 0.25) is 0 Å². The van der Waals surface area contributed by atoms with E-state index in [0.717, 1.165) is 22.3 Å². The van der Waals surface area contributed by atoms with E-state index in [4.69, 9.17) is 9.52 Å². The minimum atomic E-state index is -2.84. The van der Waals surface area contributed by atoms with Gasteiger partial charge >= 0.3 is 12.1 Å². The van der Waals surface area contributed by atoms with Crippen LogP contribution in [0.25, 0.3) is 11.1 Å². The molecule has 1 aliphatic rings. The first-order chi connectivity index (χ1) is 13.3. The largest absolute Gasteiger partial charge is 0.480 e. The molecule has 0 aromatic heterocycles. The third kappa shape index (κ3) is 4.51. The molecule has 28 heavy (non-hydrogen) atoms. The molecule has 1 unspecified atom stereocenters. The average Bonchev–Trinajstić information content (AvgIpc) is 2.96. The molecule has 1 aliphatic carbocycles. The summed E-state index contributed by atoms with van der Waals surface area (Å²) in [4.78, 5) is 23.5. The van der Waals surface area contributed by atoms with E-state index in [-0.39, 0.29) is 24.7 Å². The standard InChI is InChI=1S/C20H22N2O5S/c1-28(21,26)11-10-18(19(23)24)22-20(25)27-12-17-15-8-4-2-6-13(15)14-7-3-5-9-16(14)17/h2-9,17-18,21H,10-12H2,1H3,(H,22,25)(H,23,24)/t18-,28?/m0/s1. The summed E-state index contributed by atoms with van der Waals surface area (Å²) in [5, 5.41) is 11.5. The Morgan fingerprint density at radius 1 is 1.14 bits per heavy atom. The maximum atomic E-state index is 12.1. The highest BCUT2D eigenvalue weighted by atomic mass is 32.2. The molecule has 1 amide bonds. The van der Waals surface area contributed by atoms with Crippen molar-refractivity contribution in [3.05, 3.63) is 59.7 Å². The molecule has 3 rings (SSSR count). The Morgan fingerprint density at radius 2 is 1.68 bits per heavy atom. The molecule has 2 atom stereocenters. The molecule has 7 nitrogen and oxygen atoms in total. The first-order valence-corrected chi connectivity index (χ1v) is 11.0. The third-order valence-electron chi connectivity index (χ3n) is 4.73. The van der Waals surface area contributed by atoms with Crippen LogP contribution >= 0.6 is 0 Å². The van der Waals surface area contributed by atoms with Gasteiger partial charge in [0.1, 0.15) is 12.6 Å². The van der Waals surface area contributed by atoms with Crippen LogP contribution in [0.1, 0.15) is 23.5 Å². The molecule has 0 saturated heterocycles. The van der Waals surface area contributed by atoms with Gasteiger partial charge in [-0.1, -0.05) is 48.5 Å². The SMILES string of the molecule is CS(=N)(=O)CC[C@H](NC(=O)OCC1c2ccccc2-c2ccccc21)C(=O)O. The summed E-state index contributed by atoms with van der Waals surface area (Å²) in [6, 6.07) is 14.6. The highest BCUT2D eigenvalue weighted by molar-refractivity contribution is 7.91. The summed E-state index contributed by atoms with van der Waals surface area (Å²) in [6.45, 7) is 0.0785. The van der Waals surface area contributed by atoms with Crippen molar-refractivity contribution < 1.29 is 23.6 Å². The number of carboxylic acids is 1. The summed E-state index contributed by atoms with van der Waals surface area (Å²) in [5.41, 5.74) is 4.32. The fraction of sp³-hybridized carbons (Fsp3) is 0.300. The number of benzene rings is 2. The Balaban J connectivity index is 1.66. The van der Waals surface area contributed by atoms with E-state index in [1.54, 1.807) is 0 Å². The molecule has 0 radical (unpaired) electrons. The van der Waals surface area contributed by atoms with Crippen LogP contribution in [0.4, 0.5) is 4.79 Å². The highest BCUT2D eigenvalue weighted by Gasteiger charge is 2.29. The number of nitrogens with one attached hydrogen (secondary N) is 2. The first-order valence-electron chi connectivity index (χ1n) is 8.82. The van der Waals surface area contributed by atoms with Crippen molar-refractivity contribution in [2.24, 2.45) is 0 Å². The molecule has 0 spiro atoms. The van der Waals surface area contributed by atoms with E-state index >= 15 is 0 Å². The monoisotopic (exact) mass is 402 g/mol. The molecule has 0 aliphatic heterocycles. The van der Waals surface area contributed by atoms with E-state index in [9.17, 15) is 18.9 Å². The number of rotatable bonds is 7. The smallest absolute Gasteiger partial charge is 0.407 e. The van der Waals surface area contributed by atoms with Crippen LogP contribution in [0.5, 0.6) is 0 Å². The minimum Gasteiger partial charge on any atom is -0.480 e. The number of alkyl carbamates (subject to hydrolysis) is 1. The molecule has 2 aromatic carbocycles. The molecule has 3 N–H and O–H groups in total. The predicted molar refractivity (Wildman–Crippen MR) is 106 cm³/mol. The summed E-state index contributed by atoms with van der Waals surface area (Å²) >= 11 is 0. The van der Waals surface area contributed by atoms with E-state index in [1.165, 1.54) is 6.26 Å². The summed E-state index contributed by atoms with van der Waals surface area (Å²) in [5.74, 6) is -1.49. The van der Waals surface area contributed by atoms with Gasteiger partial charge in [-0.05, 0) is 28.7 Å². The van der Waals surface area contributed by atoms with Crippen LogP contribution in [0, 0.1) is 4.78 Å². The lowest BCUT2D eigenvalue weighted by atomic mass is 9.98. The Labute approximate surface area is 163 Å². The number of hydrogen-bond acceptors (Lipinski definition) is 5. The molecule has 2 aromatic rings. The number of carbonyl (C=O) groups is 2. The van der Waals surface area contributed by atoms with E-state index in [2.05, 4.69) is 5.32 Å². The van der Waals surface area contributed by atoms with Crippen molar-refractivity contribution in [2.45, 2.75) is 18.4 Å². The van der Waals surface area contributed by atoms with Crippen LogP contribution in [-0.2, 0) is 19.3 Å². The number of carbonyl (C=O) groups excluding carboxylic acids is 1. The predicted octanol–water partition coefficient (Wildman–Crippen LogP) is 3.04. The normalized spacial score (nSPS) is 15.8. The van der Waals surface area contributed by atoms with Gasteiger partial charge in [-0.3, -0.25) is 8.99 Å². The van der Waals surface area contributed by atoms with E-state index in [0.29, 0.717) is 0 Å². The molecule has 0 bridgehead atoms. The lowest BCUT2D eigenvalue weighted by Gasteiger charge is -2.17. The summed E-state index contributed by atoms with van der Waals surface area (Å²) in [6.07, 6.45) is 0.291. The van der Waals surface area contributed by atoms with E-state index in [1.807, 2.05) is 48.5 Å². The van der Waals surface area contributed by atoms with Crippen molar-refractivity contribution in [3.63, 3.8) is 0 Å². The van der Waals surface area contributed by atoms with Gasteiger partial charge in [0, 0.05) is 27.7 Å². The van der Waals surface area contributed by atoms with Crippen molar-refractivity contribution in [1.82, 2.24) is 5.32 Å². The van der Waals surface area contributed by atoms with Crippen molar-refractivity contribution in [2.75, 3.05) is 18.6 Å². The minimum absolute atomic E-state index is 0.0785. The van der Waals surface area contributed by atoms with Crippen molar-refractivity contribution in [1.29, 1.82) is 4.78 Å². The van der Waals surface area contributed by atoms with Gasteiger partial charge in [-0.25, -0.2) is 9.59 Å². The molecular weight excluding hydrogens is 380 g/mol. The second kappa shape index (κ2) is 8.02. The molecule has 0 saturated carbocycles. The second-order valence-corrected chi connectivity index (χ2v) is 9.28. The second-order valence-electron chi connectivity index (χ2n) is 6.86. The number of carboxylic acid groups (broad SMARTS) is 1. The van der Waals surface area contributed by atoms with Gasteiger partial charge in [-0.2, -0.15) is 0 Å². The number of amides is 1. The van der Waals surface area contributed by atoms with Gasteiger partial charge in [0.15, 0.2) is 0 Å². The summed E-state index contributed by atoms with van der Waals surface area (Å²) < 4.78 is 24.2. The molecule has 148 valence electrons. The highest BCUT2D eigenvalue weighted by Crippen LogP contribution is 2.44. The fourth-order valence-corrected chi connectivity index (χ4v) is 4.07. The summed E-state index contributed by atoms with van der Waals surface area (Å²) in [7, 11) is -2.84. The Bertz CT molecular complexity index is 958. The molecule has 0 fully saturated rings. The topological polar surface area (TPSA) is 117 Å². The van der Waals surface area contributed by atoms with E-state index < -0.39 is 27.8 Å². The van der Waals surface area contributed by atoms with Gasteiger partial charge in [-0.15, -0.1) is 0 Å². The van der Waals surface area contributed by atoms with Crippen molar-refractivity contribution >= 4 is 21.8 Å². The molecule has 8 heteroatoms. The molecular formula is C20H22N2O5S. The Morgan fingerprint density at radius 3 is 2.18 bits per heavy atom. The quantitative estimate of drug-likeness (QED) is 0.658. The Kier molecular flexibility index (Phi) is 5.69. The average molecular weight is 402 g/mol.